The Kier molecular flexibility index (Phi) is 8.41. The second-order valence-corrected chi connectivity index (χ2v) is 9.25. The number of carbonyl (C=O) groups is 2. The number of halogens is 2. The maximum absolute atomic E-state index is 13.3. The molecule has 0 heterocycles. The molecule has 10 heteroatoms. The summed E-state index contributed by atoms with van der Waals surface area (Å²) in [6, 6.07) is 10.9. The van der Waals surface area contributed by atoms with Crippen LogP contribution in [0.3, 0.4) is 0 Å². The number of amides is 2. The molecule has 168 valence electrons. The lowest BCUT2D eigenvalue weighted by Gasteiger charge is -2.31. The Bertz CT molecular complexity index is 1030. The van der Waals surface area contributed by atoms with Crippen LogP contribution in [0.15, 0.2) is 48.5 Å². The van der Waals surface area contributed by atoms with Crippen molar-refractivity contribution in [2.75, 3.05) is 23.7 Å². The fourth-order valence-electron chi connectivity index (χ4n) is 2.94. The van der Waals surface area contributed by atoms with E-state index in [1.807, 2.05) is 0 Å². The van der Waals surface area contributed by atoms with Crippen molar-refractivity contribution >= 4 is 39.1 Å². The third kappa shape index (κ3) is 6.67. The van der Waals surface area contributed by atoms with Crippen LogP contribution in [0.1, 0.15) is 19.4 Å². The Morgan fingerprint density at radius 2 is 1.74 bits per heavy atom. The number of carbonyl (C=O) groups excluding carboxylic acids is 2. The van der Waals surface area contributed by atoms with E-state index in [1.165, 1.54) is 41.3 Å². The van der Waals surface area contributed by atoms with Crippen molar-refractivity contribution in [3.05, 3.63) is 64.9 Å². The molecule has 7 nitrogen and oxygen atoms in total. The van der Waals surface area contributed by atoms with Gasteiger partial charge in [0, 0.05) is 13.1 Å². The molecule has 31 heavy (non-hydrogen) atoms. The Morgan fingerprint density at radius 1 is 1.13 bits per heavy atom. The third-order valence-electron chi connectivity index (χ3n) is 4.58. The van der Waals surface area contributed by atoms with Gasteiger partial charge in [-0.2, -0.15) is 0 Å². The Balaban J connectivity index is 2.38. The number of para-hydroxylation sites is 1. The van der Waals surface area contributed by atoms with E-state index in [2.05, 4.69) is 5.32 Å². The van der Waals surface area contributed by atoms with E-state index in [0.29, 0.717) is 12.1 Å². The molecule has 0 radical (unpaired) electrons. The van der Waals surface area contributed by atoms with Gasteiger partial charge in [0.25, 0.3) is 0 Å². The van der Waals surface area contributed by atoms with Gasteiger partial charge >= 0.3 is 0 Å². The quantitative estimate of drug-likeness (QED) is 0.611. The van der Waals surface area contributed by atoms with E-state index in [1.54, 1.807) is 26.0 Å². The topological polar surface area (TPSA) is 86.8 Å². The first-order valence-electron chi connectivity index (χ1n) is 9.58. The SMILES string of the molecule is CCNC(=O)C(C)N(Cc1ccc(F)cc1)C(=O)CN(c1ccccc1Cl)S(C)(=O)=O. The standard InChI is InChI=1S/C21H25ClFN3O4S/c1-4-24-21(28)15(2)25(13-16-9-11-17(23)12-10-16)20(27)14-26(31(3,29)30)19-8-6-5-7-18(19)22/h5-12,15H,4,13-14H2,1-3H3,(H,24,28). The molecule has 0 aliphatic heterocycles. The van der Waals surface area contributed by atoms with E-state index in [4.69, 9.17) is 11.6 Å². The van der Waals surface area contributed by atoms with Crippen molar-refractivity contribution in [3.8, 4) is 0 Å². The maximum atomic E-state index is 13.3. The van der Waals surface area contributed by atoms with Gasteiger partial charge in [-0.3, -0.25) is 13.9 Å². The van der Waals surface area contributed by atoms with E-state index < -0.39 is 34.3 Å². The molecule has 2 amide bonds. The zero-order valence-corrected chi connectivity index (χ0v) is 19.1. The van der Waals surface area contributed by atoms with Gasteiger partial charge in [0.05, 0.1) is 17.0 Å². The van der Waals surface area contributed by atoms with Gasteiger partial charge in [-0.05, 0) is 43.7 Å². The van der Waals surface area contributed by atoms with E-state index in [9.17, 15) is 22.4 Å². The van der Waals surface area contributed by atoms with E-state index >= 15 is 0 Å². The van der Waals surface area contributed by atoms with Crippen LogP contribution >= 0.6 is 11.6 Å². The first kappa shape index (κ1) is 24.6. The number of anilines is 1. The van der Waals surface area contributed by atoms with Crippen LogP contribution in [0, 0.1) is 5.82 Å². The van der Waals surface area contributed by atoms with Crippen molar-refractivity contribution < 1.29 is 22.4 Å². The number of nitrogens with one attached hydrogen (secondary N) is 1. The molecular weight excluding hydrogens is 445 g/mol. The molecule has 1 N–H and O–H groups in total. The Morgan fingerprint density at radius 3 is 2.29 bits per heavy atom. The highest BCUT2D eigenvalue weighted by Gasteiger charge is 2.30. The first-order valence-corrected chi connectivity index (χ1v) is 11.8. The average molecular weight is 470 g/mol. The lowest BCUT2D eigenvalue weighted by atomic mass is 10.1. The van der Waals surface area contributed by atoms with Crippen LogP contribution < -0.4 is 9.62 Å². The lowest BCUT2D eigenvalue weighted by molar-refractivity contribution is -0.139. The van der Waals surface area contributed by atoms with Crippen molar-refractivity contribution in [2.45, 2.75) is 26.4 Å². The summed E-state index contributed by atoms with van der Waals surface area (Å²) in [5, 5.41) is 2.82. The fourth-order valence-corrected chi connectivity index (χ4v) is 4.09. The highest BCUT2D eigenvalue weighted by molar-refractivity contribution is 7.92. The van der Waals surface area contributed by atoms with Gasteiger partial charge in [-0.15, -0.1) is 0 Å². The minimum Gasteiger partial charge on any atom is -0.355 e. The average Bonchev–Trinajstić information content (AvgIpc) is 2.71. The number of likely N-dealkylation sites (N-methyl/N-ethyl adjacent to an activating group) is 1. The molecule has 0 saturated heterocycles. The minimum absolute atomic E-state index is 0.00244. The Hall–Kier alpha value is -2.65. The van der Waals surface area contributed by atoms with Crippen LogP contribution in [-0.2, 0) is 26.2 Å². The third-order valence-corrected chi connectivity index (χ3v) is 6.03. The van der Waals surface area contributed by atoms with Crippen LogP contribution in [-0.4, -0.2) is 50.5 Å². The number of hydrogen-bond acceptors (Lipinski definition) is 4. The summed E-state index contributed by atoms with van der Waals surface area (Å²) in [6.45, 7) is 3.12. The zero-order chi connectivity index (χ0) is 23.2. The minimum atomic E-state index is -3.85. The van der Waals surface area contributed by atoms with Crippen LogP contribution in [0.25, 0.3) is 0 Å². The van der Waals surface area contributed by atoms with Gasteiger partial charge < -0.3 is 10.2 Å². The van der Waals surface area contributed by atoms with Gasteiger partial charge in [0.15, 0.2) is 0 Å². The zero-order valence-electron chi connectivity index (χ0n) is 17.5. The summed E-state index contributed by atoms with van der Waals surface area (Å²) in [6.07, 6.45) is 0.973. The maximum Gasteiger partial charge on any atom is 0.244 e. The van der Waals surface area contributed by atoms with Crippen molar-refractivity contribution in [1.82, 2.24) is 10.2 Å². The normalized spacial score (nSPS) is 12.2. The number of sulfonamides is 1. The molecule has 1 atom stereocenters. The molecule has 0 aliphatic rings. The highest BCUT2D eigenvalue weighted by Crippen LogP contribution is 2.27. The summed E-state index contributed by atoms with van der Waals surface area (Å²) in [5.41, 5.74) is 0.752. The van der Waals surface area contributed by atoms with Crippen LogP contribution in [0.5, 0.6) is 0 Å². The van der Waals surface area contributed by atoms with Crippen LogP contribution in [0.4, 0.5) is 10.1 Å². The summed E-state index contributed by atoms with van der Waals surface area (Å²) in [5.74, 6) is -1.42. The smallest absolute Gasteiger partial charge is 0.244 e. The van der Waals surface area contributed by atoms with E-state index in [-0.39, 0.29) is 23.2 Å². The highest BCUT2D eigenvalue weighted by atomic mass is 35.5. The fraction of sp³-hybridized carbons (Fsp3) is 0.333. The van der Waals surface area contributed by atoms with Crippen LogP contribution in [0.2, 0.25) is 5.02 Å². The van der Waals surface area contributed by atoms with Crippen molar-refractivity contribution in [1.29, 1.82) is 0 Å². The van der Waals surface area contributed by atoms with E-state index in [0.717, 1.165) is 10.6 Å². The molecule has 1 unspecified atom stereocenters. The summed E-state index contributed by atoms with van der Waals surface area (Å²) in [7, 11) is -3.85. The molecule has 0 spiro atoms. The first-order chi connectivity index (χ1) is 14.5. The molecule has 0 fully saturated rings. The number of benzene rings is 2. The second-order valence-electron chi connectivity index (χ2n) is 6.94. The van der Waals surface area contributed by atoms with Gasteiger partial charge in [-0.25, -0.2) is 12.8 Å². The van der Waals surface area contributed by atoms with Gasteiger partial charge in [0.1, 0.15) is 18.4 Å². The monoisotopic (exact) mass is 469 g/mol. The molecule has 0 aliphatic carbocycles. The predicted octanol–water partition coefficient (Wildman–Crippen LogP) is 2.80. The summed E-state index contributed by atoms with van der Waals surface area (Å²) >= 11 is 6.16. The molecule has 2 rings (SSSR count). The molecule has 2 aromatic rings. The molecular formula is C21H25ClFN3O4S. The predicted molar refractivity (Wildman–Crippen MR) is 119 cm³/mol. The molecule has 2 aromatic carbocycles. The summed E-state index contributed by atoms with van der Waals surface area (Å²) in [4.78, 5) is 26.9. The number of hydrogen-bond donors (Lipinski definition) is 1. The lowest BCUT2D eigenvalue weighted by Crippen LogP contribution is -2.51. The molecule has 0 saturated carbocycles. The summed E-state index contributed by atoms with van der Waals surface area (Å²) < 4.78 is 39.0. The van der Waals surface area contributed by atoms with Gasteiger partial charge in [-0.1, -0.05) is 35.9 Å². The number of nitrogens with zero attached hydrogens (tertiary/aromatic N) is 2. The Labute approximate surface area is 186 Å². The second kappa shape index (κ2) is 10.6. The molecule has 0 bridgehead atoms. The van der Waals surface area contributed by atoms with Crippen molar-refractivity contribution in [3.63, 3.8) is 0 Å². The largest absolute Gasteiger partial charge is 0.355 e. The van der Waals surface area contributed by atoms with Gasteiger partial charge in [0.2, 0.25) is 21.8 Å². The molecule has 0 aromatic heterocycles. The van der Waals surface area contributed by atoms with Crippen molar-refractivity contribution in [2.24, 2.45) is 0 Å². The number of rotatable bonds is 9.